The lowest BCUT2D eigenvalue weighted by molar-refractivity contribution is -0.137. The normalized spacial score (nSPS) is 15.1. The molecule has 156 valence electrons. The molecule has 1 aliphatic heterocycles. The molecule has 1 unspecified atom stereocenters. The molecule has 2 amide bonds. The van der Waals surface area contributed by atoms with Crippen molar-refractivity contribution >= 4 is 11.8 Å². The van der Waals surface area contributed by atoms with Gasteiger partial charge in [0.2, 0.25) is 0 Å². The first-order valence-corrected chi connectivity index (χ1v) is 9.57. The molecule has 0 saturated heterocycles. The number of hydrogen-bond donors (Lipinski definition) is 0. The van der Waals surface area contributed by atoms with Gasteiger partial charge in [-0.2, -0.15) is 0 Å². The maximum Gasteiger partial charge on any atom is 0.253 e. The van der Waals surface area contributed by atoms with Crippen LogP contribution in [-0.2, 0) is 33.3 Å². The summed E-state index contributed by atoms with van der Waals surface area (Å²) in [6.45, 7) is 9.74. The number of imide groups is 1. The van der Waals surface area contributed by atoms with Crippen LogP contribution in [0.15, 0.2) is 12.2 Å². The molecule has 0 saturated carbocycles. The summed E-state index contributed by atoms with van der Waals surface area (Å²) in [7, 11) is 0. The number of nitrogens with zero attached hydrogens (tertiary/aromatic N) is 1. The standard InChI is InChI=1S/C19H33NO7/c1-3-17(2)16-27-15-14-26-13-12-25-11-10-24-9-8-23-7-6-20-18(21)4-5-19(20)22/h4-5,17H,3,6-16H2,1-2H3. The van der Waals surface area contributed by atoms with Gasteiger partial charge in [0.25, 0.3) is 11.8 Å². The van der Waals surface area contributed by atoms with Crippen molar-refractivity contribution in [2.24, 2.45) is 5.92 Å². The van der Waals surface area contributed by atoms with Crippen LogP contribution < -0.4 is 0 Å². The molecule has 1 atom stereocenters. The van der Waals surface area contributed by atoms with Gasteiger partial charge in [-0.25, -0.2) is 0 Å². The zero-order valence-electron chi connectivity index (χ0n) is 16.5. The number of carbonyl (C=O) groups is 2. The van der Waals surface area contributed by atoms with Gasteiger partial charge < -0.3 is 23.7 Å². The Labute approximate surface area is 161 Å². The molecule has 8 nitrogen and oxygen atoms in total. The maximum atomic E-state index is 11.3. The Balaban J connectivity index is 1.73. The van der Waals surface area contributed by atoms with Gasteiger partial charge in [-0.05, 0) is 5.92 Å². The van der Waals surface area contributed by atoms with E-state index in [1.165, 1.54) is 12.2 Å². The third kappa shape index (κ3) is 11.9. The van der Waals surface area contributed by atoms with E-state index < -0.39 is 0 Å². The highest BCUT2D eigenvalue weighted by molar-refractivity contribution is 6.12. The Kier molecular flexibility index (Phi) is 13.8. The van der Waals surface area contributed by atoms with Gasteiger partial charge in [-0.15, -0.1) is 0 Å². The highest BCUT2D eigenvalue weighted by Gasteiger charge is 2.22. The molecule has 0 aromatic heterocycles. The quantitative estimate of drug-likeness (QED) is 0.257. The molecule has 0 fully saturated rings. The summed E-state index contributed by atoms with van der Waals surface area (Å²) in [6.07, 6.45) is 3.65. The van der Waals surface area contributed by atoms with Crippen LogP contribution in [0.3, 0.4) is 0 Å². The molecule has 0 bridgehead atoms. The third-order valence-electron chi connectivity index (χ3n) is 3.95. The number of carbonyl (C=O) groups excluding carboxylic acids is 2. The van der Waals surface area contributed by atoms with Crippen LogP contribution in [-0.4, -0.2) is 89.3 Å². The van der Waals surface area contributed by atoms with Crippen LogP contribution in [0.2, 0.25) is 0 Å². The fraction of sp³-hybridized carbons (Fsp3) is 0.789. The second kappa shape index (κ2) is 15.7. The molecule has 0 aromatic rings. The molecule has 1 heterocycles. The molecule has 0 aliphatic carbocycles. The average Bonchev–Trinajstić information content (AvgIpc) is 2.99. The van der Waals surface area contributed by atoms with E-state index in [-0.39, 0.29) is 18.4 Å². The Morgan fingerprint density at radius 3 is 1.59 bits per heavy atom. The van der Waals surface area contributed by atoms with Gasteiger partial charge in [0.05, 0.1) is 66.0 Å². The van der Waals surface area contributed by atoms with E-state index in [0.717, 1.165) is 17.9 Å². The predicted molar refractivity (Wildman–Crippen MR) is 99.4 cm³/mol. The van der Waals surface area contributed by atoms with Crippen molar-refractivity contribution in [3.63, 3.8) is 0 Å². The fourth-order valence-corrected chi connectivity index (χ4v) is 2.09. The Morgan fingerprint density at radius 1 is 0.741 bits per heavy atom. The van der Waals surface area contributed by atoms with Crippen LogP contribution in [0.1, 0.15) is 20.3 Å². The second-order valence-electron chi connectivity index (χ2n) is 6.20. The highest BCUT2D eigenvalue weighted by atomic mass is 16.6. The topological polar surface area (TPSA) is 83.5 Å². The van der Waals surface area contributed by atoms with Gasteiger partial charge in [0.1, 0.15) is 0 Å². The van der Waals surface area contributed by atoms with Gasteiger partial charge in [0.15, 0.2) is 0 Å². The SMILES string of the molecule is CCC(C)COCCOCCOCCOCCOCCN1C(=O)C=CC1=O. The summed E-state index contributed by atoms with van der Waals surface area (Å²) in [5.74, 6) is 0.00806. The maximum absolute atomic E-state index is 11.3. The molecule has 0 N–H and O–H groups in total. The van der Waals surface area contributed by atoms with Gasteiger partial charge >= 0.3 is 0 Å². The zero-order chi connectivity index (χ0) is 19.7. The van der Waals surface area contributed by atoms with E-state index in [0.29, 0.717) is 65.4 Å². The minimum Gasteiger partial charge on any atom is -0.379 e. The van der Waals surface area contributed by atoms with Crippen molar-refractivity contribution in [3.8, 4) is 0 Å². The Bertz CT molecular complexity index is 424. The van der Waals surface area contributed by atoms with Crippen molar-refractivity contribution in [2.75, 3.05) is 72.6 Å². The van der Waals surface area contributed by atoms with E-state index >= 15 is 0 Å². The summed E-state index contributed by atoms with van der Waals surface area (Å²) in [5.41, 5.74) is 0. The summed E-state index contributed by atoms with van der Waals surface area (Å²) in [4.78, 5) is 23.8. The molecule has 27 heavy (non-hydrogen) atoms. The molecule has 0 aromatic carbocycles. The lowest BCUT2D eigenvalue weighted by Crippen LogP contribution is -2.33. The van der Waals surface area contributed by atoms with E-state index in [1.54, 1.807) is 0 Å². The largest absolute Gasteiger partial charge is 0.379 e. The Morgan fingerprint density at radius 2 is 1.15 bits per heavy atom. The fourth-order valence-electron chi connectivity index (χ4n) is 2.09. The van der Waals surface area contributed by atoms with Crippen LogP contribution in [0.25, 0.3) is 0 Å². The molecule has 8 heteroatoms. The number of ether oxygens (including phenoxy) is 5. The zero-order valence-corrected chi connectivity index (χ0v) is 16.5. The number of amides is 2. The number of hydrogen-bond acceptors (Lipinski definition) is 7. The molecule has 0 radical (unpaired) electrons. The molecule has 1 rings (SSSR count). The minimum absolute atomic E-state index is 0.260. The molecule has 0 spiro atoms. The molecular weight excluding hydrogens is 354 g/mol. The number of rotatable bonds is 18. The first kappa shape index (κ1) is 23.7. The van der Waals surface area contributed by atoms with Crippen molar-refractivity contribution in [3.05, 3.63) is 12.2 Å². The summed E-state index contributed by atoms with van der Waals surface area (Å²) >= 11 is 0. The lowest BCUT2D eigenvalue weighted by atomic mass is 10.1. The van der Waals surface area contributed by atoms with Gasteiger partial charge in [-0.1, -0.05) is 20.3 Å². The van der Waals surface area contributed by atoms with E-state index in [2.05, 4.69) is 13.8 Å². The predicted octanol–water partition coefficient (Wildman–Crippen LogP) is 1.04. The molecule has 1 aliphatic rings. The van der Waals surface area contributed by atoms with Crippen molar-refractivity contribution < 1.29 is 33.3 Å². The van der Waals surface area contributed by atoms with Crippen molar-refractivity contribution in [2.45, 2.75) is 20.3 Å². The smallest absolute Gasteiger partial charge is 0.253 e. The Hall–Kier alpha value is -1.32. The lowest BCUT2D eigenvalue weighted by Gasteiger charge is -2.13. The highest BCUT2D eigenvalue weighted by Crippen LogP contribution is 2.02. The first-order valence-electron chi connectivity index (χ1n) is 9.57. The summed E-state index contributed by atoms with van der Waals surface area (Å²) in [6, 6.07) is 0. The van der Waals surface area contributed by atoms with E-state index in [1.807, 2.05) is 0 Å². The minimum atomic E-state index is -0.292. The monoisotopic (exact) mass is 387 g/mol. The van der Waals surface area contributed by atoms with Crippen LogP contribution in [0.4, 0.5) is 0 Å². The van der Waals surface area contributed by atoms with Gasteiger partial charge in [-0.3, -0.25) is 14.5 Å². The average molecular weight is 387 g/mol. The first-order chi connectivity index (χ1) is 13.1. The summed E-state index contributed by atoms with van der Waals surface area (Å²) < 4.78 is 27.0. The van der Waals surface area contributed by atoms with Crippen LogP contribution in [0.5, 0.6) is 0 Å². The second-order valence-corrected chi connectivity index (χ2v) is 6.20. The van der Waals surface area contributed by atoms with Gasteiger partial charge in [0, 0.05) is 18.8 Å². The van der Waals surface area contributed by atoms with Crippen LogP contribution in [0, 0.1) is 5.92 Å². The van der Waals surface area contributed by atoms with E-state index in [9.17, 15) is 9.59 Å². The van der Waals surface area contributed by atoms with Crippen molar-refractivity contribution in [1.29, 1.82) is 0 Å². The molecular formula is C19H33NO7. The summed E-state index contributed by atoms with van der Waals surface area (Å²) in [5, 5.41) is 0. The van der Waals surface area contributed by atoms with Crippen molar-refractivity contribution in [1.82, 2.24) is 4.90 Å². The van der Waals surface area contributed by atoms with E-state index in [4.69, 9.17) is 23.7 Å². The third-order valence-corrected chi connectivity index (χ3v) is 3.95. The van der Waals surface area contributed by atoms with Crippen LogP contribution >= 0.6 is 0 Å².